The molecule has 0 aliphatic carbocycles. The van der Waals surface area contributed by atoms with Crippen LogP contribution < -0.4 is 11.1 Å². The molecular formula is C19H15BrClN5O. The van der Waals surface area contributed by atoms with E-state index in [1.807, 2.05) is 43.3 Å². The molecule has 0 unspecified atom stereocenters. The normalized spacial score (nSPS) is 16.0. The van der Waals surface area contributed by atoms with Crippen molar-refractivity contribution in [2.75, 3.05) is 5.32 Å². The largest absolute Gasteiger partial charge is 0.366 e. The molecule has 8 heteroatoms. The first-order valence-corrected chi connectivity index (χ1v) is 9.36. The smallest absolute Gasteiger partial charge is 0.248 e. The number of anilines is 1. The third kappa shape index (κ3) is 3.24. The molecule has 6 nitrogen and oxygen atoms in total. The Morgan fingerprint density at radius 1 is 1.26 bits per heavy atom. The lowest BCUT2D eigenvalue weighted by atomic mass is 9.95. The van der Waals surface area contributed by atoms with Gasteiger partial charge >= 0.3 is 0 Å². The van der Waals surface area contributed by atoms with E-state index in [9.17, 15) is 4.79 Å². The Bertz CT molecular complexity index is 1070. The highest BCUT2D eigenvalue weighted by atomic mass is 79.9. The molecule has 136 valence electrons. The van der Waals surface area contributed by atoms with Crippen LogP contribution in [0.3, 0.4) is 0 Å². The van der Waals surface area contributed by atoms with E-state index in [1.54, 1.807) is 16.8 Å². The van der Waals surface area contributed by atoms with Crippen molar-refractivity contribution in [3.63, 3.8) is 0 Å². The van der Waals surface area contributed by atoms with Gasteiger partial charge in [-0.3, -0.25) is 4.79 Å². The summed E-state index contributed by atoms with van der Waals surface area (Å²) in [6.45, 7) is 1.81. The third-order valence-corrected chi connectivity index (χ3v) is 5.13. The van der Waals surface area contributed by atoms with Crippen LogP contribution in [0.25, 0.3) is 11.4 Å². The van der Waals surface area contributed by atoms with Crippen LogP contribution >= 0.6 is 27.5 Å². The summed E-state index contributed by atoms with van der Waals surface area (Å²) in [4.78, 5) is 16.8. The summed E-state index contributed by atoms with van der Waals surface area (Å²) in [6, 6.07) is 14.5. The number of carbonyl (C=O) groups is 1. The molecule has 4 rings (SSSR count). The van der Waals surface area contributed by atoms with Gasteiger partial charge in [0, 0.05) is 20.8 Å². The van der Waals surface area contributed by atoms with E-state index in [2.05, 4.69) is 31.3 Å². The Labute approximate surface area is 169 Å². The summed E-state index contributed by atoms with van der Waals surface area (Å²) in [5.74, 6) is 0.583. The Kier molecular flexibility index (Phi) is 4.49. The average molecular weight is 445 g/mol. The molecule has 0 bridgehead atoms. The molecule has 3 N–H and O–H groups in total. The summed E-state index contributed by atoms with van der Waals surface area (Å²) >= 11 is 9.45. The summed E-state index contributed by atoms with van der Waals surface area (Å²) in [5, 5.41) is 8.43. The van der Waals surface area contributed by atoms with Gasteiger partial charge < -0.3 is 11.1 Å². The van der Waals surface area contributed by atoms with E-state index >= 15 is 0 Å². The Morgan fingerprint density at radius 3 is 2.67 bits per heavy atom. The molecule has 1 amide bonds. The summed E-state index contributed by atoms with van der Waals surface area (Å²) < 4.78 is 2.60. The predicted octanol–water partition coefficient (Wildman–Crippen LogP) is 4.14. The van der Waals surface area contributed by atoms with Crippen LogP contribution in [0.5, 0.6) is 0 Å². The molecule has 0 spiro atoms. The molecule has 2 aromatic carbocycles. The highest BCUT2D eigenvalue weighted by molar-refractivity contribution is 9.10. The summed E-state index contributed by atoms with van der Waals surface area (Å²) in [7, 11) is 0. The number of rotatable bonds is 3. The van der Waals surface area contributed by atoms with Crippen LogP contribution in [0.2, 0.25) is 5.02 Å². The summed E-state index contributed by atoms with van der Waals surface area (Å²) in [6.07, 6.45) is 0. The number of allylic oxidation sites excluding steroid dienone is 1. The topological polar surface area (TPSA) is 85.8 Å². The van der Waals surface area contributed by atoms with E-state index < -0.39 is 11.9 Å². The first-order valence-electron chi connectivity index (χ1n) is 8.19. The fourth-order valence-corrected chi connectivity index (χ4v) is 3.72. The van der Waals surface area contributed by atoms with Crippen LogP contribution in [-0.2, 0) is 4.79 Å². The molecule has 1 atom stereocenters. The molecule has 27 heavy (non-hydrogen) atoms. The first-order chi connectivity index (χ1) is 12.9. The van der Waals surface area contributed by atoms with Crippen molar-refractivity contribution in [3.8, 4) is 11.4 Å². The van der Waals surface area contributed by atoms with E-state index in [0.29, 0.717) is 28.1 Å². The van der Waals surface area contributed by atoms with Crippen LogP contribution in [0.15, 0.2) is 64.3 Å². The molecule has 3 aromatic rings. The number of carbonyl (C=O) groups excluding carboxylic acids is 1. The zero-order valence-electron chi connectivity index (χ0n) is 14.3. The number of aromatic nitrogens is 3. The highest BCUT2D eigenvalue weighted by Crippen LogP contribution is 2.36. The number of nitrogens with two attached hydrogens (primary N) is 1. The van der Waals surface area contributed by atoms with Gasteiger partial charge in [-0.15, -0.1) is 5.10 Å². The third-order valence-electron chi connectivity index (χ3n) is 4.38. The van der Waals surface area contributed by atoms with Gasteiger partial charge in [-0.25, -0.2) is 4.68 Å². The molecule has 1 aromatic heterocycles. The molecule has 1 aliphatic rings. The van der Waals surface area contributed by atoms with Gasteiger partial charge in [-0.05, 0) is 48.9 Å². The fourth-order valence-electron chi connectivity index (χ4n) is 3.18. The van der Waals surface area contributed by atoms with Crippen molar-refractivity contribution >= 4 is 39.4 Å². The van der Waals surface area contributed by atoms with Crippen molar-refractivity contribution < 1.29 is 4.79 Å². The monoisotopic (exact) mass is 443 g/mol. The maximum atomic E-state index is 12.2. The standard InChI is InChI=1S/C19H15BrClN5O/c1-10-15(17(22)27)16(12-3-2-4-13(20)9-12)26-19(23-10)24-18(25-26)11-5-7-14(21)8-6-11/h2-9,16H,1H3,(H2,22,27)(H,23,24,25)/t16-/m0/s1. The van der Waals surface area contributed by atoms with Crippen LogP contribution in [0.1, 0.15) is 18.5 Å². The molecule has 0 radical (unpaired) electrons. The van der Waals surface area contributed by atoms with Crippen LogP contribution in [-0.4, -0.2) is 20.7 Å². The molecule has 1 aliphatic heterocycles. The molecule has 0 saturated carbocycles. The first kappa shape index (κ1) is 17.8. The Balaban J connectivity index is 1.88. The lowest BCUT2D eigenvalue weighted by molar-refractivity contribution is -0.115. The number of hydrogen-bond donors (Lipinski definition) is 2. The lowest BCUT2D eigenvalue weighted by Gasteiger charge is -2.27. The van der Waals surface area contributed by atoms with Gasteiger partial charge in [-0.1, -0.05) is 39.7 Å². The van der Waals surface area contributed by atoms with Crippen molar-refractivity contribution in [1.29, 1.82) is 0 Å². The number of nitrogens with one attached hydrogen (secondary N) is 1. The van der Waals surface area contributed by atoms with Crippen LogP contribution in [0, 0.1) is 0 Å². The number of amides is 1. The maximum absolute atomic E-state index is 12.2. The van der Waals surface area contributed by atoms with E-state index in [1.165, 1.54) is 0 Å². The minimum atomic E-state index is -0.501. The van der Waals surface area contributed by atoms with Gasteiger partial charge in [0.2, 0.25) is 11.9 Å². The molecule has 0 fully saturated rings. The zero-order valence-corrected chi connectivity index (χ0v) is 16.6. The minimum absolute atomic E-state index is 0.452. The lowest BCUT2D eigenvalue weighted by Crippen LogP contribution is -2.31. The second-order valence-electron chi connectivity index (χ2n) is 6.20. The fraction of sp³-hybridized carbons (Fsp3) is 0.105. The minimum Gasteiger partial charge on any atom is -0.366 e. The number of benzene rings is 2. The van der Waals surface area contributed by atoms with Crippen molar-refractivity contribution in [1.82, 2.24) is 14.8 Å². The van der Waals surface area contributed by atoms with E-state index in [-0.39, 0.29) is 0 Å². The number of nitrogens with zero attached hydrogens (tertiary/aromatic N) is 3. The van der Waals surface area contributed by atoms with Gasteiger partial charge in [0.1, 0.15) is 6.04 Å². The van der Waals surface area contributed by atoms with E-state index in [0.717, 1.165) is 15.6 Å². The van der Waals surface area contributed by atoms with Gasteiger partial charge in [0.25, 0.3) is 0 Å². The Morgan fingerprint density at radius 2 is 2.00 bits per heavy atom. The summed E-state index contributed by atoms with van der Waals surface area (Å²) in [5.41, 5.74) is 8.51. The van der Waals surface area contributed by atoms with Crippen molar-refractivity contribution in [3.05, 3.63) is 74.9 Å². The van der Waals surface area contributed by atoms with Crippen LogP contribution in [0.4, 0.5) is 5.95 Å². The highest BCUT2D eigenvalue weighted by Gasteiger charge is 2.33. The molecule has 0 saturated heterocycles. The average Bonchev–Trinajstić information content (AvgIpc) is 3.04. The quantitative estimate of drug-likeness (QED) is 0.636. The second-order valence-corrected chi connectivity index (χ2v) is 7.55. The molecular weight excluding hydrogens is 430 g/mol. The number of fused-ring (bicyclic) bond motifs is 1. The van der Waals surface area contributed by atoms with E-state index in [4.69, 9.17) is 17.3 Å². The predicted molar refractivity (Wildman–Crippen MR) is 108 cm³/mol. The number of hydrogen-bond acceptors (Lipinski definition) is 4. The maximum Gasteiger partial charge on any atom is 0.248 e. The number of halogens is 2. The van der Waals surface area contributed by atoms with Gasteiger partial charge in [0.15, 0.2) is 5.82 Å². The van der Waals surface area contributed by atoms with Gasteiger partial charge in [0.05, 0.1) is 5.57 Å². The van der Waals surface area contributed by atoms with Crippen molar-refractivity contribution in [2.45, 2.75) is 13.0 Å². The zero-order chi connectivity index (χ0) is 19.1. The van der Waals surface area contributed by atoms with Gasteiger partial charge in [-0.2, -0.15) is 4.98 Å². The Hall–Kier alpha value is -2.64. The SMILES string of the molecule is CC1=C(C(N)=O)[C@H](c2cccc(Br)c2)n2nc(-c3ccc(Cl)cc3)nc2N1. The molecule has 2 heterocycles. The van der Waals surface area contributed by atoms with Crippen molar-refractivity contribution in [2.24, 2.45) is 5.73 Å². The second kappa shape index (κ2) is 6.83. The number of primary amides is 1.